The molecule has 108 valence electrons. The van der Waals surface area contributed by atoms with Gasteiger partial charge in [-0.3, -0.25) is 0 Å². The lowest BCUT2D eigenvalue weighted by atomic mass is 9.86. The largest absolute Gasteiger partial charge is 0.444 e. The van der Waals surface area contributed by atoms with Gasteiger partial charge in [0.05, 0.1) is 18.0 Å². The first-order chi connectivity index (χ1) is 7.94. The van der Waals surface area contributed by atoms with E-state index in [1.165, 1.54) is 0 Å². The molecule has 0 saturated carbocycles. The van der Waals surface area contributed by atoms with Gasteiger partial charge in [0, 0.05) is 0 Å². The van der Waals surface area contributed by atoms with Crippen LogP contribution < -0.4 is 5.32 Å². The molecule has 2 unspecified atom stereocenters. The zero-order valence-electron chi connectivity index (χ0n) is 12.2. The van der Waals surface area contributed by atoms with Gasteiger partial charge in [-0.25, -0.2) is 4.79 Å². The molecular weight excluding hydrogens is 254 g/mol. The number of ether oxygens (including phenoxy) is 1. The van der Waals surface area contributed by atoms with Crippen LogP contribution in [0.5, 0.6) is 0 Å². The van der Waals surface area contributed by atoms with Crippen LogP contribution in [-0.2, 0) is 4.74 Å². The summed E-state index contributed by atoms with van der Waals surface area (Å²) in [6.45, 7) is 11.5. The van der Waals surface area contributed by atoms with Gasteiger partial charge in [0.2, 0.25) is 0 Å². The van der Waals surface area contributed by atoms with Crippen molar-refractivity contribution >= 4 is 17.7 Å². The van der Waals surface area contributed by atoms with E-state index in [1.54, 1.807) is 20.8 Å². The van der Waals surface area contributed by atoms with Crippen LogP contribution in [0.15, 0.2) is 0 Å². The number of halogens is 1. The van der Waals surface area contributed by atoms with E-state index in [1.807, 2.05) is 20.8 Å². The second kappa shape index (κ2) is 6.62. The molecule has 0 aromatic rings. The topological polar surface area (TPSA) is 58.6 Å². The molecule has 0 aliphatic rings. The molecule has 1 amide bonds. The number of carbonyl (C=O) groups is 1. The highest BCUT2D eigenvalue weighted by molar-refractivity contribution is 6.18. The van der Waals surface area contributed by atoms with Crippen molar-refractivity contribution in [3.05, 3.63) is 0 Å². The standard InChI is InChI=1S/C13H26ClNO3/c1-12(2,3)7-9(10(16)8-14)15-11(17)18-13(4,5)6/h9-10,16H,7-8H2,1-6H3,(H,15,17). The van der Waals surface area contributed by atoms with Gasteiger partial charge < -0.3 is 15.2 Å². The van der Waals surface area contributed by atoms with Crippen LogP contribution in [0.25, 0.3) is 0 Å². The van der Waals surface area contributed by atoms with Gasteiger partial charge in [-0.05, 0) is 32.6 Å². The quantitative estimate of drug-likeness (QED) is 0.778. The summed E-state index contributed by atoms with van der Waals surface area (Å²) in [4.78, 5) is 11.7. The molecule has 4 nitrogen and oxygen atoms in total. The van der Waals surface area contributed by atoms with Crippen molar-refractivity contribution in [1.82, 2.24) is 5.32 Å². The number of aliphatic hydroxyl groups is 1. The molecule has 0 bridgehead atoms. The van der Waals surface area contributed by atoms with Crippen LogP contribution in [0, 0.1) is 5.41 Å². The molecule has 0 aromatic heterocycles. The number of carbonyl (C=O) groups excluding carboxylic acids is 1. The van der Waals surface area contributed by atoms with Gasteiger partial charge in [-0.15, -0.1) is 11.6 Å². The second-order valence-corrected chi connectivity index (χ2v) is 7.05. The van der Waals surface area contributed by atoms with Crippen molar-refractivity contribution in [3.8, 4) is 0 Å². The monoisotopic (exact) mass is 279 g/mol. The Bertz CT molecular complexity index is 268. The van der Waals surface area contributed by atoms with Crippen molar-refractivity contribution in [3.63, 3.8) is 0 Å². The van der Waals surface area contributed by atoms with E-state index in [2.05, 4.69) is 5.32 Å². The molecule has 2 N–H and O–H groups in total. The summed E-state index contributed by atoms with van der Waals surface area (Å²) in [6, 6.07) is -0.405. The van der Waals surface area contributed by atoms with Gasteiger partial charge in [0.25, 0.3) is 0 Å². The van der Waals surface area contributed by atoms with E-state index < -0.39 is 23.8 Å². The number of aliphatic hydroxyl groups excluding tert-OH is 1. The first kappa shape index (κ1) is 17.5. The van der Waals surface area contributed by atoms with Crippen molar-refractivity contribution in [1.29, 1.82) is 0 Å². The number of nitrogens with one attached hydrogen (secondary N) is 1. The molecule has 0 aliphatic carbocycles. The lowest BCUT2D eigenvalue weighted by Crippen LogP contribution is -2.47. The smallest absolute Gasteiger partial charge is 0.407 e. The molecule has 5 heteroatoms. The van der Waals surface area contributed by atoms with E-state index in [9.17, 15) is 9.90 Å². The molecule has 2 atom stereocenters. The third-order valence-corrected chi connectivity index (χ3v) is 2.47. The van der Waals surface area contributed by atoms with Gasteiger partial charge >= 0.3 is 6.09 Å². The molecule has 0 radical (unpaired) electrons. The third-order valence-electron chi connectivity index (χ3n) is 2.16. The van der Waals surface area contributed by atoms with Crippen LogP contribution in [-0.4, -0.2) is 34.8 Å². The number of alkyl carbamates (subject to hydrolysis) is 1. The summed E-state index contributed by atoms with van der Waals surface area (Å²) in [7, 11) is 0. The van der Waals surface area contributed by atoms with Gasteiger partial charge in [-0.1, -0.05) is 20.8 Å². The predicted molar refractivity (Wildman–Crippen MR) is 74.0 cm³/mol. The molecule has 0 heterocycles. The highest BCUT2D eigenvalue weighted by Gasteiger charge is 2.28. The minimum absolute atomic E-state index is 0.0211. The normalized spacial score (nSPS) is 16.0. The average Bonchev–Trinajstić information content (AvgIpc) is 2.10. The van der Waals surface area contributed by atoms with Crippen molar-refractivity contribution < 1.29 is 14.6 Å². The number of hydrogen-bond acceptors (Lipinski definition) is 3. The van der Waals surface area contributed by atoms with Gasteiger partial charge in [0.15, 0.2) is 0 Å². The first-order valence-corrected chi connectivity index (χ1v) is 6.71. The number of hydrogen-bond donors (Lipinski definition) is 2. The summed E-state index contributed by atoms with van der Waals surface area (Å²) in [5, 5.41) is 12.5. The number of alkyl halides is 1. The van der Waals surface area contributed by atoms with Gasteiger partial charge in [-0.2, -0.15) is 0 Å². The number of amides is 1. The fraction of sp³-hybridized carbons (Fsp3) is 0.923. The Morgan fingerprint density at radius 2 is 1.78 bits per heavy atom. The molecule has 0 fully saturated rings. The summed E-state index contributed by atoms with van der Waals surface area (Å²) >= 11 is 5.65. The maximum absolute atomic E-state index is 11.7. The zero-order chi connectivity index (χ0) is 14.6. The van der Waals surface area contributed by atoms with Crippen molar-refractivity contribution in [2.45, 2.75) is 65.7 Å². The maximum atomic E-state index is 11.7. The molecule has 0 saturated heterocycles. The molecule has 0 aliphatic heterocycles. The Kier molecular flexibility index (Phi) is 6.44. The second-order valence-electron chi connectivity index (χ2n) is 6.74. The van der Waals surface area contributed by atoms with E-state index in [4.69, 9.17) is 16.3 Å². The predicted octanol–water partition coefficient (Wildman–Crippen LogP) is 2.92. The maximum Gasteiger partial charge on any atom is 0.407 e. The SMILES string of the molecule is CC(C)(C)CC(NC(=O)OC(C)(C)C)C(O)CCl. The van der Waals surface area contributed by atoms with Gasteiger partial charge in [0.1, 0.15) is 5.60 Å². The lowest BCUT2D eigenvalue weighted by Gasteiger charge is -2.30. The Morgan fingerprint density at radius 3 is 2.11 bits per heavy atom. The lowest BCUT2D eigenvalue weighted by molar-refractivity contribution is 0.0407. The Morgan fingerprint density at radius 1 is 1.28 bits per heavy atom. The van der Waals surface area contributed by atoms with E-state index in [0.717, 1.165) is 0 Å². The summed E-state index contributed by atoms with van der Waals surface area (Å²) in [6.07, 6.45) is -0.681. The minimum Gasteiger partial charge on any atom is -0.444 e. The molecule has 18 heavy (non-hydrogen) atoms. The minimum atomic E-state index is -0.779. The third kappa shape index (κ3) is 8.59. The fourth-order valence-corrected chi connectivity index (χ4v) is 1.72. The average molecular weight is 280 g/mol. The summed E-state index contributed by atoms with van der Waals surface area (Å²) in [5.74, 6) is 0.0799. The van der Waals surface area contributed by atoms with E-state index in [0.29, 0.717) is 6.42 Å². The molecule has 0 aromatic carbocycles. The van der Waals surface area contributed by atoms with Crippen LogP contribution in [0.3, 0.4) is 0 Å². The summed E-state index contributed by atoms with van der Waals surface area (Å²) < 4.78 is 5.17. The van der Waals surface area contributed by atoms with Crippen LogP contribution in [0.4, 0.5) is 4.79 Å². The van der Waals surface area contributed by atoms with E-state index >= 15 is 0 Å². The highest BCUT2D eigenvalue weighted by atomic mass is 35.5. The van der Waals surface area contributed by atoms with Crippen molar-refractivity contribution in [2.24, 2.45) is 5.41 Å². The fourth-order valence-electron chi connectivity index (χ4n) is 1.51. The molecular formula is C13H26ClNO3. The Labute approximate surface area is 115 Å². The molecule has 0 spiro atoms. The van der Waals surface area contributed by atoms with Crippen LogP contribution in [0.2, 0.25) is 0 Å². The Balaban J connectivity index is 4.55. The number of rotatable bonds is 4. The first-order valence-electron chi connectivity index (χ1n) is 6.18. The van der Waals surface area contributed by atoms with Crippen LogP contribution >= 0.6 is 11.6 Å². The molecule has 0 rings (SSSR count). The van der Waals surface area contributed by atoms with Crippen molar-refractivity contribution in [2.75, 3.05) is 5.88 Å². The zero-order valence-corrected chi connectivity index (χ0v) is 13.0. The Hall–Kier alpha value is -0.480. The summed E-state index contributed by atoms with van der Waals surface area (Å²) in [5.41, 5.74) is -0.574. The van der Waals surface area contributed by atoms with E-state index in [-0.39, 0.29) is 11.3 Å². The highest BCUT2D eigenvalue weighted by Crippen LogP contribution is 2.23. The van der Waals surface area contributed by atoms with Crippen LogP contribution in [0.1, 0.15) is 48.0 Å².